The summed E-state index contributed by atoms with van der Waals surface area (Å²) in [5, 5.41) is 4.13. The normalized spacial score (nSPS) is 13.0. The summed E-state index contributed by atoms with van der Waals surface area (Å²) < 4.78 is 1.81. The smallest absolute Gasteiger partial charge is 0.0522 e. The summed E-state index contributed by atoms with van der Waals surface area (Å²) in [6.07, 6.45) is 4.74. The van der Waals surface area contributed by atoms with E-state index < -0.39 is 0 Å². The minimum Gasteiger partial charge on any atom is -0.323 e. The molecule has 0 saturated heterocycles. The molecular formula is C11H15N3S. The van der Waals surface area contributed by atoms with Gasteiger partial charge in [-0.1, -0.05) is 0 Å². The summed E-state index contributed by atoms with van der Waals surface area (Å²) in [6.45, 7) is 2.10. The van der Waals surface area contributed by atoms with Crippen molar-refractivity contribution >= 4 is 11.3 Å². The highest BCUT2D eigenvalue weighted by molar-refractivity contribution is 7.12. The van der Waals surface area contributed by atoms with Crippen LogP contribution in [0, 0.1) is 6.92 Å². The van der Waals surface area contributed by atoms with Crippen molar-refractivity contribution in [3.8, 4) is 0 Å². The molecule has 3 nitrogen and oxygen atoms in total. The predicted octanol–water partition coefficient (Wildman–Crippen LogP) is 2.03. The van der Waals surface area contributed by atoms with Gasteiger partial charge in [-0.05, 0) is 31.0 Å². The maximum Gasteiger partial charge on any atom is 0.0522 e. The molecule has 15 heavy (non-hydrogen) atoms. The maximum absolute atomic E-state index is 6.12. The van der Waals surface area contributed by atoms with E-state index in [1.807, 2.05) is 24.1 Å². The summed E-state index contributed by atoms with van der Waals surface area (Å²) in [5.41, 5.74) is 7.31. The van der Waals surface area contributed by atoms with E-state index in [9.17, 15) is 0 Å². The van der Waals surface area contributed by atoms with Crippen LogP contribution in [0.25, 0.3) is 0 Å². The predicted molar refractivity (Wildman–Crippen MR) is 62.9 cm³/mol. The van der Waals surface area contributed by atoms with Crippen LogP contribution in [0.15, 0.2) is 24.5 Å². The molecule has 0 bridgehead atoms. The van der Waals surface area contributed by atoms with E-state index in [-0.39, 0.29) is 6.04 Å². The third-order valence-corrected chi connectivity index (χ3v) is 3.47. The fourth-order valence-electron chi connectivity index (χ4n) is 1.58. The van der Waals surface area contributed by atoms with Gasteiger partial charge in [0.2, 0.25) is 0 Å². The van der Waals surface area contributed by atoms with Crippen LogP contribution in [-0.4, -0.2) is 9.78 Å². The molecule has 2 aromatic rings. The van der Waals surface area contributed by atoms with Gasteiger partial charge in [0.15, 0.2) is 0 Å². The lowest BCUT2D eigenvalue weighted by Gasteiger charge is -2.06. The second-order valence-corrected chi connectivity index (χ2v) is 5.10. The van der Waals surface area contributed by atoms with Gasteiger partial charge in [-0.3, -0.25) is 4.68 Å². The van der Waals surface area contributed by atoms with Gasteiger partial charge >= 0.3 is 0 Å². The molecule has 2 N–H and O–H groups in total. The Morgan fingerprint density at radius 3 is 2.87 bits per heavy atom. The zero-order valence-electron chi connectivity index (χ0n) is 8.97. The number of nitrogens with zero attached hydrogens (tertiary/aromatic N) is 2. The average Bonchev–Trinajstić information content (AvgIpc) is 2.75. The van der Waals surface area contributed by atoms with Gasteiger partial charge in [-0.15, -0.1) is 11.3 Å². The summed E-state index contributed by atoms with van der Waals surface area (Å²) in [5.74, 6) is 0. The Hall–Kier alpha value is -1.13. The average molecular weight is 221 g/mol. The van der Waals surface area contributed by atoms with Crippen molar-refractivity contribution in [2.75, 3.05) is 0 Å². The largest absolute Gasteiger partial charge is 0.323 e. The second-order valence-electron chi connectivity index (χ2n) is 3.78. The Labute approximate surface area is 93.5 Å². The third kappa shape index (κ3) is 2.46. The SMILES string of the molecule is Cc1ccc(C(N)Cc2cnn(C)c2)s1. The lowest BCUT2D eigenvalue weighted by Crippen LogP contribution is -2.11. The van der Waals surface area contributed by atoms with E-state index in [4.69, 9.17) is 5.73 Å². The van der Waals surface area contributed by atoms with Crippen molar-refractivity contribution in [2.24, 2.45) is 12.8 Å². The Morgan fingerprint density at radius 1 is 1.53 bits per heavy atom. The second kappa shape index (κ2) is 4.16. The fourth-order valence-corrected chi connectivity index (χ4v) is 2.46. The minimum absolute atomic E-state index is 0.0906. The van der Waals surface area contributed by atoms with Crippen molar-refractivity contribution < 1.29 is 0 Å². The van der Waals surface area contributed by atoms with E-state index >= 15 is 0 Å². The molecule has 2 heterocycles. The highest BCUT2D eigenvalue weighted by atomic mass is 32.1. The van der Waals surface area contributed by atoms with Crippen molar-refractivity contribution in [3.05, 3.63) is 39.8 Å². The molecule has 0 radical (unpaired) electrons. The van der Waals surface area contributed by atoms with Crippen LogP contribution in [0.5, 0.6) is 0 Å². The Morgan fingerprint density at radius 2 is 2.33 bits per heavy atom. The van der Waals surface area contributed by atoms with Crippen molar-refractivity contribution in [1.29, 1.82) is 0 Å². The summed E-state index contributed by atoms with van der Waals surface area (Å²) in [4.78, 5) is 2.56. The molecule has 0 fully saturated rings. The van der Waals surface area contributed by atoms with Crippen LogP contribution in [0.3, 0.4) is 0 Å². The van der Waals surface area contributed by atoms with Crippen LogP contribution in [-0.2, 0) is 13.5 Å². The third-order valence-electron chi connectivity index (χ3n) is 2.34. The highest BCUT2D eigenvalue weighted by Crippen LogP contribution is 2.23. The molecule has 0 aliphatic carbocycles. The summed E-state index contributed by atoms with van der Waals surface area (Å²) >= 11 is 1.77. The monoisotopic (exact) mass is 221 g/mol. The molecule has 0 amide bonds. The van der Waals surface area contributed by atoms with Crippen molar-refractivity contribution in [2.45, 2.75) is 19.4 Å². The lowest BCUT2D eigenvalue weighted by molar-refractivity contribution is 0.732. The number of aryl methyl sites for hydroxylation is 2. The van der Waals surface area contributed by atoms with Gasteiger partial charge in [0, 0.05) is 29.0 Å². The van der Waals surface area contributed by atoms with Gasteiger partial charge < -0.3 is 5.73 Å². The van der Waals surface area contributed by atoms with Crippen LogP contribution >= 0.6 is 11.3 Å². The summed E-state index contributed by atoms with van der Waals surface area (Å²) in [7, 11) is 1.92. The number of hydrogen-bond donors (Lipinski definition) is 1. The highest BCUT2D eigenvalue weighted by Gasteiger charge is 2.09. The van der Waals surface area contributed by atoms with E-state index in [1.165, 1.54) is 15.3 Å². The summed E-state index contributed by atoms with van der Waals surface area (Å²) in [6, 6.07) is 4.32. The lowest BCUT2D eigenvalue weighted by atomic mass is 10.1. The Bertz CT molecular complexity index is 444. The number of aromatic nitrogens is 2. The minimum atomic E-state index is 0.0906. The van der Waals surface area contributed by atoms with E-state index in [1.54, 1.807) is 11.3 Å². The van der Waals surface area contributed by atoms with Crippen LogP contribution in [0.2, 0.25) is 0 Å². The first-order valence-electron chi connectivity index (χ1n) is 4.94. The van der Waals surface area contributed by atoms with E-state index in [2.05, 4.69) is 24.2 Å². The molecule has 0 spiro atoms. The molecule has 2 rings (SSSR count). The molecule has 80 valence electrons. The number of hydrogen-bond acceptors (Lipinski definition) is 3. The standard InChI is InChI=1S/C11H15N3S/c1-8-3-4-11(15-8)10(12)5-9-6-13-14(2)7-9/h3-4,6-7,10H,5,12H2,1-2H3. The topological polar surface area (TPSA) is 43.8 Å². The van der Waals surface area contributed by atoms with Crippen molar-refractivity contribution in [1.82, 2.24) is 9.78 Å². The van der Waals surface area contributed by atoms with E-state index in [0.29, 0.717) is 0 Å². The molecule has 4 heteroatoms. The molecular weight excluding hydrogens is 206 g/mol. The molecule has 1 atom stereocenters. The quantitative estimate of drug-likeness (QED) is 0.862. The van der Waals surface area contributed by atoms with Crippen molar-refractivity contribution in [3.63, 3.8) is 0 Å². The first-order chi connectivity index (χ1) is 7.15. The van der Waals surface area contributed by atoms with Crippen LogP contribution < -0.4 is 5.73 Å². The van der Waals surface area contributed by atoms with Gasteiger partial charge in [-0.2, -0.15) is 5.10 Å². The number of rotatable bonds is 3. The van der Waals surface area contributed by atoms with E-state index in [0.717, 1.165) is 6.42 Å². The number of nitrogens with two attached hydrogens (primary N) is 1. The molecule has 0 saturated carbocycles. The molecule has 0 aliphatic rings. The molecule has 0 aliphatic heterocycles. The Balaban J connectivity index is 2.06. The molecule has 0 aromatic carbocycles. The van der Waals surface area contributed by atoms with Gasteiger partial charge in [0.05, 0.1) is 6.20 Å². The van der Waals surface area contributed by atoms with Gasteiger partial charge in [0.25, 0.3) is 0 Å². The van der Waals surface area contributed by atoms with Crippen LogP contribution in [0.1, 0.15) is 21.4 Å². The fraction of sp³-hybridized carbons (Fsp3) is 0.364. The number of thiophene rings is 1. The molecule has 2 aromatic heterocycles. The maximum atomic E-state index is 6.12. The van der Waals surface area contributed by atoms with Gasteiger partial charge in [0.1, 0.15) is 0 Å². The Kier molecular flexibility index (Phi) is 2.88. The zero-order chi connectivity index (χ0) is 10.8. The zero-order valence-corrected chi connectivity index (χ0v) is 9.79. The molecule has 1 unspecified atom stereocenters. The van der Waals surface area contributed by atoms with Crippen LogP contribution in [0.4, 0.5) is 0 Å². The van der Waals surface area contributed by atoms with Gasteiger partial charge in [-0.25, -0.2) is 0 Å². The first kappa shape index (κ1) is 10.4. The first-order valence-corrected chi connectivity index (χ1v) is 5.76.